The van der Waals surface area contributed by atoms with Gasteiger partial charge in [-0.1, -0.05) is 13.3 Å². The van der Waals surface area contributed by atoms with Gasteiger partial charge in [-0.25, -0.2) is 0 Å². The SMILES string of the molecule is CCCCNCCO[C@H]1CCC[C@@H]1Cl. The summed E-state index contributed by atoms with van der Waals surface area (Å²) in [6.07, 6.45) is 6.30. The number of hydrogen-bond donors (Lipinski definition) is 1. The molecule has 0 heterocycles. The lowest BCUT2D eigenvalue weighted by Gasteiger charge is -2.14. The molecule has 1 saturated carbocycles. The van der Waals surface area contributed by atoms with Crippen LogP contribution in [0.25, 0.3) is 0 Å². The second-order valence-corrected chi connectivity index (χ2v) is 4.52. The summed E-state index contributed by atoms with van der Waals surface area (Å²) in [5.41, 5.74) is 0. The quantitative estimate of drug-likeness (QED) is 0.525. The van der Waals surface area contributed by atoms with Crippen LogP contribution in [-0.2, 0) is 4.74 Å². The van der Waals surface area contributed by atoms with Crippen LogP contribution in [0.1, 0.15) is 39.0 Å². The Morgan fingerprint density at radius 3 is 2.86 bits per heavy atom. The molecule has 2 nitrogen and oxygen atoms in total. The van der Waals surface area contributed by atoms with Crippen molar-refractivity contribution in [1.82, 2.24) is 5.32 Å². The van der Waals surface area contributed by atoms with Crippen molar-refractivity contribution in [3.63, 3.8) is 0 Å². The maximum absolute atomic E-state index is 6.10. The van der Waals surface area contributed by atoms with Crippen molar-refractivity contribution in [2.24, 2.45) is 0 Å². The molecule has 2 atom stereocenters. The van der Waals surface area contributed by atoms with Gasteiger partial charge in [0.15, 0.2) is 0 Å². The summed E-state index contributed by atoms with van der Waals surface area (Å²) >= 11 is 6.10. The molecule has 0 spiro atoms. The molecular weight excluding hydrogens is 198 g/mol. The summed E-state index contributed by atoms with van der Waals surface area (Å²) < 4.78 is 5.70. The van der Waals surface area contributed by atoms with E-state index < -0.39 is 0 Å². The molecule has 1 fully saturated rings. The first kappa shape index (κ1) is 12.3. The van der Waals surface area contributed by atoms with E-state index in [9.17, 15) is 0 Å². The molecule has 84 valence electrons. The molecular formula is C11H22ClNO. The Bertz CT molecular complexity index is 143. The van der Waals surface area contributed by atoms with Gasteiger partial charge in [0.05, 0.1) is 18.1 Å². The van der Waals surface area contributed by atoms with Crippen molar-refractivity contribution in [1.29, 1.82) is 0 Å². The number of unbranched alkanes of at least 4 members (excludes halogenated alkanes) is 1. The summed E-state index contributed by atoms with van der Waals surface area (Å²) in [4.78, 5) is 0. The number of rotatable bonds is 7. The first-order valence-electron chi connectivity index (χ1n) is 5.81. The lowest BCUT2D eigenvalue weighted by atomic mass is 10.3. The standard InChI is InChI=1S/C11H22ClNO/c1-2-3-7-13-8-9-14-11-6-4-5-10(11)12/h10-11,13H,2-9H2,1H3/t10-,11-/m0/s1. The van der Waals surface area contributed by atoms with Crippen molar-refractivity contribution in [3.05, 3.63) is 0 Å². The van der Waals surface area contributed by atoms with Crippen LogP contribution in [0, 0.1) is 0 Å². The third kappa shape index (κ3) is 4.63. The predicted molar refractivity (Wildman–Crippen MR) is 61.0 cm³/mol. The zero-order chi connectivity index (χ0) is 10.2. The summed E-state index contributed by atoms with van der Waals surface area (Å²) in [7, 11) is 0. The summed E-state index contributed by atoms with van der Waals surface area (Å²) in [6.45, 7) is 5.07. The van der Waals surface area contributed by atoms with Crippen LogP contribution in [0.4, 0.5) is 0 Å². The Labute approximate surface area is 92.3 Å². The lowest BCUT2D eigenvalue weighted by molar-refractivity contribution is 0.0626. The molecule has 0 amide bonds. The summed E-state index contributed by atoms with van der Waals surface area (Å²) in [5.74, 6) is 0. The third-order valence-electron chi connectivity index (χ3n) is 2.69. The van der Waals surface area contributed by atoms with Gasteiger partial charge < -0.3 is 10.1 Å². The van der Waals surface area contributed by atoms with Gasteiger partial charge in [-0.05, 0) is 32.2 Å². The summed E-state index contributed by atoms with van der Waals surface area (Å²) in [6, 6.07) is 0. The average Bonchev–Trinajstić information content (AvgIpc) is 2.58. The van der Waals surface area contributed by atoms with E-state index in [4.69, 9.17) is 16.3 Å². The monoisotopic (exact) mass is 219 g/mol. The van der Waals surface area contributed by atoms with Gasteiger partial charge in [0.1, 0.15) is 0 Å². The second kappa shape index (κ2) is 7.49. The smallest absolute Gasteiger partial charge is 0.0739 e. The maximum Gasteiger partial charge on any atom is 0.0739 e. The number of ether oxygens (including phenoxy) is 1. The minimum Gasteiger partial charge on any atom is -0.375 e. The van der Waals surface area contributed by atoms with Crippen molar-refractivity contribution in [2.75, 3.05) is 19.7 Å². The van der Waals surface area contributed by atoms with E-state index in [2.05, 4.69) is 12.2 Å². The molecule has 14 heavy (non-hydrogen) atoms. The van der Waals surface area contributed by atoms with Gasteiger partial charge in [0.25, 0.3) is 0 Å². The average molecular weight is 220 g/mol. The Morgan fingerprint density at radius 1 is 1.36 bits per heavy atom. The van der Waals surface area contributed by atoms with Gasteiger partial charge in [-0.2, -0.15) is 0 Å². The second-order valence-electron chi connectivity index (χ2n) is 3.96. The Kier molecular flexibility index (Phi) is 6.57. The summed E-state index contributed by atoms with van der Waals surface area (Å²) in [5, 5.41) is 3.61. The molecule has 0 bridgehead atoms. The van der Waals surface area contributed by atoms with Gasteiger partial charge in [-0.3, -0.25) is 0 Å². The highest BCUT2D eigenvalue weighted by Crippen LogP contribution is 2.26. The van der Waals surface area contributed by atoms with E-state index in [1.54, 1.807) is 0 Å². The van der Waals surface area contributed by atoms with Gasteiger partial charge in [-0.15, -0.1) is 11.6 Å². The fourth-order valence-electron chi connectivity index (χ4n) is 1.78. The minimum absolute atomic E-state index is 0.255. The molecule has 3 heteroatoms. The molecule has 0 unspecified atom stereocenters. The topological polar surface area (TPSA) is 21.3 Å². The van der Waals surface area contributed by atoms with E-state index in [0.717, 1.165) is 32.5 Å². The molecule has 1 rings (SSSR count). The van der Waals surface area contributed by atoms with Crippen molar-refractivity contribution < 1.29 is 4.74 Å². The maximum atomic E-state index is 6.10. The van der Waals surface area contributed by atoms with Gasteiger partial charge >= 0.3 is 0 Å². The van der Waals surface area contributed by atoms with Gasteiger partial charge in [0, 0.05) is 6.54 Å². The Balaban J connectivity index is 1.88. The Hall–Kier alpha value is 0.210. The van der Waals surface area contributed by atoms with E-state index in [-0.39, 0.29) is 5.38 Å². The largest absolute Gasteiger partial charge is 0.375 e. The van der Waals surface area contributed by atoms with Crippen LogP contribution in [0.5, 0.6) is 0 Å². The zero-order valence-corrected chi connectivity index (χ0v) is 9.85. The third-order valence-corrected chi connectivity index (χ3v) is 3.19. The van der Waals surface area contributed by atoms with E-state index >= 15 is 0 Å². The van der Waals surface area contributed by atoms with Crippen molar-refractivity contribution in [3.8, 4) is 0 Å². The molecule has 0 aromatic carbocycles. The molecule has 0 aliphatic heterocycles. The minimum atomic E-state index is 0.255. The Morgan fingerprint density at radius 2 is 2.21 bits per heavy atom. The normalized spacial score (nSPS) is 27.0. The van der Waals surface area contributed by atoms with Crippen LogP contribution >= 0.6 is 11.6 Å². The van der Waals surface area contributed by atoms with Crippen molar-refractivity contribution >= 4 is 11.6 Å². The molecule has 0 saturated heterocycles. The number of alkyl halides is 1. The number of halogens is 1. The van der Waals surface area contributed by atoms with E-state index in [0.29, 0.717) is 6.10 Å². The van der Waals surface area contributed by atoms with Crippen LogP contribution < -0.4 is 5.32 Å². The fraction of sp³-hybridized carbons (Fsp3) is 1.00. The highest BCUT2D eigenvalue weighted by molar-refractivity contribution is 6.21. The van der Waals surface area contributed by atoms with Crippen molar-refractivity contribution in [2.45, 2.75) is 50.5 Å². The van der Waals surface area contributed by atoms with E-state index in [1.165, 1.54) is 19.3 Å². The zero-order valence-electron chi connectivity index (χ0n) is 9.10. The molecule has 0 aromatic heterocycles. The lowest BCUT2D eigenvalue weighted by Crippen LogP contribution is -2.26. The molecule has 0 aromatic rings. The predicted octanol–water partition coefficient (Wildman–Crippen LogP) is 2.55. The first-order valence-corrected chi connectivity index (χ1v) is 6.24. The van der Waals surface area contributed by atoms with Crippen LogP contribution in [0.3, 0.4) is 0 Å². The molecule has 1 aliphatic rings. The number of hydrogen-bond acceptors (Lipinski definition) is 2. The highest BCUT2D eigenvalue weighted by atomic mass is 35.5. The molecule has 0 radical (unpaired) electrons. The van der Waals surface area contributed by atoms with E-state index in [1.807, 2.05) is 0 Å². The van der Waals surface area contributed by atoms with Crippen LogP contribution in [0.2, 0.25) is 0 Å². The highest BCUT2D eigenvalue weighted by Gasteiger charge is 2.25. The molecule has 1 N–H and O–H groups in total. The van der Waals surface area contributed by atoms with Gasteiger partial charge in [0.2, 0.25) is 0 Å². The van der Waals surface area contributed by atoms with Crippen LogP contribution in [-0.4, -0.2) is 31.2 Å². The number of nitrogens with one attached hydrogen (secondary N) is 1. The fourth-order valence-corrected chi connectivity index (χ4v) is 2.13. The molecule has 1 aliphatic carbocycles. The van der Waals surface area contributed by atoms with Crippen LogP contribution in [0.15, 0.2) is 0 Å². The first-order chi connectivity index (χ1) is 6.84.